The topological polar surface area (TPSA) is 87.2 Å². The van der Waals surface area contributed by atoms with Crippen molar-refractivity contribution in [3.05, 3.63) is 57.8 Å². The number of ether oxygens (including phenoxy) is 1. The molecule has 3 heterocycles. The molecule has 2 fully saturated rings. The first-order valence-corrected chi connectivity index (χ1v) is 10.4. The van der Waals surface area contributed by atoms with E-state index in [-0.39, 0.29) is 18.4 Å². The molecule has 152 valence electrons. The Morgan fingerprint density at radius 2 is 1.83 bits per heavy atom. The van der Waals surface area contributed by atoms with Gasteiger partial charge < -0.3 is 14.7 Å². The van der Waals surface area contributed by atoms with Crippen LogP contribution >= 0.6 is 11.3 Å². The smallest absolute Gasteiger partial charge is 0.328 e. The lowest BCUT2D eigenvalue weighted by Gasteiger charge is -2.44. The first-order valence-electron chi connectivity index (χ1n) is 9.52. The number of piperidine rings is 1. The summed E-state index contributed by atoms with van der Waals surface area (Å²) in [6, 6.07) is 9.73. The molecule has 4 rings (SSSR count). The van der Waals surface area contributed by atoms with Crippen LogP contribution in [0.1, 0.15) is 38.4 Å². The molecule has 8 heteroatoms. The molecule has 0 bridgehead atoms. The highest BCUT2D eigenvalue weighted by Crippen LogP contribution is 2.39. The molecule has 2 amide bonds. The average Bonchev–Trinajstić information content (AvgIpc) is 3.37. The Bertz CT molecular complexity index is 934. The van der Waals surface area contributed by atoms with Crippen molar-refractivity contribution in [3.63, 3.8) is 0 Å². The van der Waals surface area contributed by atoms with E-state index >= 15 is 0 Å². The van der Waals surface area contributed by atoms with E-state index in [0.29, 0.717) is 36.4 Å². The van der Waals surface area contributed by atoms with Crippen molar-refractivity contribution >= 4 is 29.1 Å². The minimum atomic E-state index is -1.08. The molecule has 1 N–H and O–H groups in total. The van der Waals surface area contributed by atoms with E-state index in [9.17, 15) is 19.5 Å². The van der Waals surface area contributed by atoms with Crippen LogP contribution in [-0.4, -0.2) is 64.2 Å². The van der Waals surface area contributed by atoms with Gasteiger partial charge in [-0.2, -0.15) is 0 Å². The molecule has 1 atom stereocenters. The third-order valence-corrected chi connectivity index (χ3v) is 6.56. The van der Waals surface area contributed by atoms with E-state index in [1.807, 2.05) is 30.5 Å². The van der Waals surface area contributed by atoms with Crippen molar-refractivity contribution in [2.75, 3.05) is 19.7 Å². The van der Waals surface area contributed by atoms with Crippen molar-refractivity contribution < 1.29 is 24.2 Å². The van der Waals surface area contributed by atoms with E-state index in [4.69, 9.17) is 4.74 Å². The molecule has 2 aliphatic rings. The monoisotopic (exact) mass is 414 g/mol. The molecule has 1 aromatic carbocycles. The number of nitrogens with zero attached hydrogens (tertiary/aromatic N) is 2. The molecule has 7 nitrogen and oxygen atoms in total. The highest BCUT2D eigenvalue weighted by atomic mass is 32.1. The lowest BCUT2D eigenvalue weighted by atomic mass is 9.96. The molecule has 2 aliphatic heterocycles. The van der Waals surface area contributed by atoms with Crippen LogP contribution in [0.4, 0.5) is 0 Å². The zero-order chi connectivity index (χ0) is 20.6. The second-order valence-electron chi connectivity index (χ2n) is 7.37. The summed E-state index contributed by atoms with van der Waals surface area (Å²) in [6.07, 6.45) is 0.761. The highest BCUT2D eigenvalue weighted by molar-refractivity contribution is 7.12. The average molecular weight is 414 g/mol. The minimum absolute atomic E-state index is 0.0422. The van der Waals surface area contributed by atoms with Gasteiger partial charge in [0.25, 0.3) is 11.8 Å². The number of carboxylic acids is 1. The van der Waals surface area contributed by atoms with Crippen molar-refractivity contribution in [2.24, 2.45) is 0 Å². The van der Waals surface area contributed by atoms with E-state index in [1.165, 1.54) is 16.2 Å². The Morgan fingerprint density at radius 3 is 2.45 bits per heavy atom. The third kappa shape index (κ3) is 3.42. The fraction of sp³-hybridized carbons (Fsp3) is 0.381. The van der Waals surface area contributed by atoms with Gasteiger partial charge in [0.1, 0.15) is 5.72 Å². The predicted molar refractivity (Wildman–Crippen MR) is 107 cm³/mol. The Labute approximate surface area is 172 Å². The zero-order valence-electron chi connectivity index (χ0n) is 16.0. The summed E-state index contributed by atoms with van der Waals surface area (Å²) in [6.45, 7) is 2.59. The normalized spacial score (nSPS) is 20.8. The standard InChI is InChI=1S/C21H22N2O5S/c1-14-5-2-3-6-15(14)18(24)23-16(20(26)27)13-28-21(23)8-10-22(11-9-21)19(25)17-7-4-12-29-17/h2-7,12,16H,8-11,13H2,1H3,(H,26,27)/t16-/m1/s1. The number of thiophene rings is 1. The van der Waals surface area contributed by atoms with E-state index in [0.717, 1.165) is 5.56 Å². The number of amides is 2. The largest absolute Gasteiger partial charge is 0.480 e. The number of benzene rings is 1. The molecule has 1 spiro atoms. The molecule has 0 saturated carbocycles. The Balaban J connectivity index is 1.59. The summed E-state index contributed by atoms with van der Waals surface area (Å²) >= 11 is 1.39. The maximum atomic E-state index is 13.4. The van der Waals surface area contributed by atoms with Gasteiger partial charge in [0.2, 0.25) is 0 Å². The van der Waals surface area contributed by atoms with Crippen molar-refractivity contribution in [3.8, 4) is 0 Å². The minimum Gasteiger partial charge on any atom is -0.480 e. The molecule has 2 saturated heterocycles. The van der Waals surface area contributed by atoms with Gasteiger partial charge in [0, 0.05) is 31.5 Å². The van der Waals surface area contributed by atoms with Crippen LogP contribution in [0.2, 0.25) is 0 Å². The summed E-state index contributed by atoms with van der Waals surface area (Å²) < 4.78 is 5.96. The van der Waals surface area contributed by atoms with Gasteiger partial charge in [0.05, 0.1) is 11.5 Å². The quantitative estimate of drug-likeness (QED) is 0.834. The van der Waals surface area contributed by atoms with Gasteiger partial charge in [-0.15, -0.1) is 11.3 Å². The van der Waals surface area contributed by atoms with Gasteiger partial charge in [-0.05, 0) is 30.0 Å². The summed E-state index contributed by atoms with van der Waals surface area (Å²) in [5.41, 5.74) is 0.254. The van der Waals surface area contributed by atoms with E-state index in [1.54, 1.807) is 23.1 Å². The first-order chi connectivity index (χ1) is 13.9. The molecule has 29 heavy (non-hydrogen) atoms. The maximum absolute atomic E-state index is 13.4. The number of carbonyl (C=O) groups excluding carboxylic acids is 2. The van der Waals surface area contributed by atoms with E-state index < -0.39 is 17.7 Å². The zero-order valence-corrected chi connectivity index (χ0v) is 16.9. The molecular weight excluding hydrogens is 392 g/mol. The molecule has 1 aromatic heterocycles. The maximum Gasteiger partial charge on any atom is 0.328 e. The van der Waals surface area contributed by atoms with Crippen LogP contribution in [0, 0.1) is 6.92 Å². The summed E-state index contributed by atoms with van der Waals surface area (Å²) in [5.74, 6) is -1.47. The van der Waals surface area contributed by atoms with Crippen LogP contribution in [-0.2, 0) is 9.53 Å². The van der Waals surface area contributed by atoms with Crippen LogP contribution in [0.15, 0.2) is 41.8 Å². The summed E-state index contributed by atoms with van der Waals surface area (Å²) in [4.78, 5) is 41.7. The second kappa shape index (κ2) is 7.61. The van der Waals surface area contributed by atoms with Crippen molar-refractivity contribution in [1.82, 2.24) is 9.80 Å². The predicted octanol–water partition coefficient (Wildman–Crippen LogP) is 2.61. The second-order valence-corrected chi connectivity index (χ2v) is 8.32. The van der Waals surface area contributed by atoms with Crippen molar-refractivity contribution in [1.29, 1.82) is 0 Å². The highest BCUT2D eigenvalue weighted by Gasteiger charge is 2.54. The van der Waals surface area contributed by atoms with Gasteiger partial charge in [0.15, 0.2) is 6.04 Å². The number of carbonyl (C=O) groups is 3. The fourth-order valence-corrected chi connectivity index (χ4v) is 4.80. The number of rotatable bonds is 3. The number of aryl methyl sites for hydroxylation is 1. The lowest BCUT2D eigenvalue weighted by Crippen LogP contribution is -2.58. The number of carboxylic acid groups (broad SMARTS) is 1. The summed E-state index contributed by atoms with van der Waals surface area (Å²) in [7, 11) is 0. The molecule has 0 radical (unpaired) electrons. The number of hydrogen-bond donors (Lipinski definition) is 1. The van der Waals surface area contributed by atoms with E-state index in [2.05, 4.69) is 0 Å². The Hall–Kier alpha value is -2.71. The third-order valence-electron chi connectivity index (χ3n) is 5.70. The SMILES string of the molecule is Cc1ccccc1C(=O)N1[C@@H](C(=O)O)COC12CCN(C(=O)c1cccs1)CC2. The van der Waals surface area contributed by atoms with Crippen LogP contribution in [0.5, 0.6) is 0 Å². The molecule has 0 unspecified atom stereocenters. The van der Waals surface area contributed by atoms with Crippen LogP contribution < -0.4 is 0 Å². The van der Waals surface area contributed by atoms with Gasteiger partial charge >= 0.3 is 5.97 Å². The number of likely N-dealkylation sites (tertiary alicyclic amines) is 1. The lowest BCUT2D eigenvalue weighted by molar-refractivity contribution is -0.143. The first kappa shape index (κ1) is 19.6. The van der Waals surface area contributed by atoms with Crippen LogP contribution in [0.25, 0.3) is 0 Å². The van der Waals surface area contributed by atoms with Gasteiger partial charge in [-0.3, -0.25) is 14.5 Å². The number of aliphatic carboxylic acids is 1. The van der Waals surface area contributed by atoms with Gasteiger partial charge in [-0.25, -0.2) is 4.79 Å². The fourth-order valence-electron chi connectivity index (χ4n) is 4.11. The number of hydrogen-bond acceptors (Lipinski definition) is 5. The Kier molecular flexibility index (Phi) is 5.14. The Morgan fingerprint density at radius 1 is 1.10 bits per heavy atom. The van der Waals surface area contributed by atoms with Crippen molar-refractivity contribution in [2.45, 2.75) is 31.5 Å². The van der Waals surface area contributed by atoms with Crippen LogP contribution in [0.3, 0.4) is 0 Å². The molecular formula is C21H22N2O5S. The van der Waals surface area contributed by atoms with Gasteiger partial charge in [-0.1, -0.05) is 24.3 Å². The summed E-state index contributed by atoms with van der Waals surface area (Å²) in [5, 5.41) is 11.6. The molecule has 0 aliphatic carbocycles. The molecule has 2 aromatic rings.